The minimum Gasteiger partial charge on any atom is -0.357 e. The third-order valence-electron chi connectivity index (χ3n) is 6.59. The molecule has 1 aliphatic carbocycles. The van der Waals surface area contributed by atoms with E-state index >= 15 is 0 Å². The van der Waals surface area contributed by atoms with Gasteiger partial charge in [-0.05, 0) is 43.7 Å². The number of hydrazine groups is 1. The molecule has 1 aliphatic rings. The second-order valence-corrected chi connectivity index (χ2v) is 9.40. The number of rotatable bonds is 12. The lowest BCUT2D eigenvalue weighted by atomic mass is 9.85. The molecule has 1 aromatic rings. The molecule has 2 unspecified atom stereocenters. The zero-order chi connectivity index (χ0) is 25.6. The fraction of sp³-hybridized carbons (Fsp3) is 0.654. The van der Waals surface area contributed by atoms with Crippen LogP contribution in [0.2, 0.25) is 0 Å². The van der Waals surface area contributed by atoms with Crippen molar-refractivity contribution < 1.29 is 19.2 Å². The molecule has 1 heterocycles. The lowest BCUT2D eigenvalue weighted by molar-refractivity contribution is -0.149. The molecule has 9 nitrogen and oxygen atoms in total. The summed E-state index contributed by atoms with van der Waals surface area (Å²) in [5.41, 5.74) is 3.52. The molecule has 1 saturated carbocycles. The van der Waals surface area contributed by atoms with E-state index < -0.39 is 23.9 Å². The average molecular weight is 488 g/mol. The Labute approximate surface area is 208 Å². The molecule has 4 amide bonds. The summed E-state index contributed by atoms with van der Waals surface area (Å²) in [6.45, 7) is 2.68. The van der Waals surface area contributed by atoms with Gasteiger partial charge in [0.2, 0.25) is 17.7 Å². The van der Waals surface area contributed by atoms with Gasteiger partial charge < -0.3 is 10.6 Å². The number of likely N-dealkylation sites (N-methyl/N-ethyl adjacent to an activating group) is 1. The predicted octanol–water partition coefficient (Wildman–Crippen LogP) is 2.65. The largest absolute Gasteiger partial charge is 0.357 e. The van der Waals surface area contributed by atoms with E-state index in [-0.39, 0.29) is 11.8 Å². The molecular weight excluding hydrogens is 446 g/mol. The molecule has 35 heavy (non-hydrogen) atoms. The van der Waals surface area contributed by atoms with Crippen molar-refractivity contribution >= 4 is 23.6 Å². The Hall–Kier alpha value is -2.97. The maximum atomic E-state index is 13.1. The third-order valence-corrected chi connectivity index (χ3v) is 6.59. The van der Waals surface area contributed by atoms with Crippen LogP contribution in [0.15, 0.2) is 24.4 Å². The van der Waals surface area contributed by atoms with Crippen molar-refractivity contribution in [1.82, 2.24) is 26.1 Å². The Morgan fingerprint density at radius 2 is 1.77 bits per heavy atom. The minimum atomic E-state index is -0.870. The molecule has 194 valence electrons. The van der Waals surface area contributed by atoms with Gasteiger partial charge in [-0.2, -0.15) is 0 Å². The van der Waals surface area contributed by atoms with Gasteiger partial charge in [0.1, 0.15) is 12.1 Å². The first-order valence-corrected chi connectivity index (χ1v) is 12.8. The van der Waals surface area contributed by atoms with Gasteiger partial charge in [0.05, 0.1) is 0 Å². The molecule has 0 bridgehead atoms. The van der Waals surface area contributed by atoms with E-state index in [1.807, 2.05) is 18.2 Å². The van der Waals surface area contributed by atoms with Crippen LogP contribution in [-0.2, 0) is 25.6 Å². The second-order valence-electron chi connectivity index (χ2n) is 9.40. The molecule has 1 aromatic heterocycles. The summed E-state index contributed by atoms with van der Waals surface area (Å²) in [5, 5.41) is 6.39. The van der Waals surface area contributed by atoms with Crippen LogP contribution in [0, 0.1) is 5.92 Å². The SMILES string of the molecule is CNC(=O)C(CCCc1ccccn1)N(NC(=O)C(CCCC1CCCCC1)NC(C)=O)C(C)=O. The standard InChI is InChI=1S/C26H41N5O4/c1-19(32)29-23(16-9-13-21-11-5-4-6-12-21)25(34)30-31(20(2)33)24(26(35)27-3)17-10-15-22-14-7-8-18-28-22/h7-8,14,18,21,23-24H,4-6,9-13,15-17H2,1-3H3,(H,27,35)(H,29,32)(H,30,34). The summed E-state index contributed by atoms with van der Waals surface area (Å²) in [6.07, 6.45) is 11.9. The molecule has 2 atom stereocenters. The van der Waals surface area contributed by atoms with E-state index in [0.717, 1.165) is 23.5 Å². The van der Waals surface area contributed by atoms with Crippen molar-refractivity contribution in [2.24, 2.45) is 5.92 Å². The monoisotopic (exact) mass is 487 g/mol. The zero-order valence-corrected chi connectivity index (χ0v) is 21.3. The first-order chi connectivity index (χ1) is 16.8. The number of hydrogen-bond acceptors (Lipinski definition) is 5. The summed E-state index contributed by atoms with van der Waals surface area (Å²) in [5.74, 6) is -0.938. The van der Waals surface area contributed by atoms with Crippen molar-refractivity contribution in [2.45, 2.75) is 96.6 Å². The molecule has 2 rings (SSSR count). The summed E-state index contributed by atoms with van der Waals surface area (Å²) in [6, 6.07) is 4.01. The average Bonchev–Trinajstić information content (AvgIpc) is 2.85. The number of carbonyl (C=O) groups excluding carboxylic acids is 4. The molecule has 9 heteroatoms. The van der Waals surface area contributed by atoms with E-state index in [0.29, 0.717) is 31.6 Å². The fourth-order valence-corrected chi connectivity index (χ4v) is 4.74. The highest BCUT2D eigenvalue weighted by molar-refractivity contribution is 5.91. The van der Waals surface area contributed by atoms with Crippen LogP contribution < -0.4 is 16.1 Å². The highest BCUT2D eigenvalue weighted by Crippen LogP contribution is 2.28. The summed E-state index contributed by atoms with van der Waals surface area (Å²) in [4.78, 5) is 54.3. The lowest BCUT2D eigenvalue weighted by Gasteiger charge is -2.31. The Kier molecular flexibility index (Phi) is 12.2. The van der Waals surface area contributed by atoms with E-state index in [1.54, 1.807) is 6.20 Å². The minimum absolute atomic E-state index is 0.310. The van der Waals surface area contributed by atoms with Crippen LogP contribution in [-0.4, -0.2) is 52.8 Å². The van der Waals surface area contributed by atoms with Crippen LogP contribution in [0.4, 0.5) is 0 Å². The first kappa shape index (κ1) is 28.3. The Bertz CT molecular complexity index is 826. The number of aryl methyl sites for hydroxylation is 1. The maximum absolute atomic E-state index is 13.1. The number of aromatic nitrogens is 1. The Morgan fingerprint density at radius 1 is 1.03 bits per heavy atom. The number of nitrogens with zero attached hydrogens (tertiary/aromatic N) is 2. The van der Waals surface area contributed by atoms with Gasteiger partial charge in [-0.3, -0.25) is 29.6 Å². The molecule has 0 saturated heterocycles. The van der Waals surface area contributed by atoms with Gasteiger partial charge in [-0.1, -0.05) is 51.0 Å². The fourth-order valence-electron chi connectivity index (χ4n) is 4.74. The molecule has 0 aliphatic heterocycles. The van der Waals surface area contributed by atoms with Crippen molar-refractivity contribution in [1.29, 1.82) is 0 Å². The topological polar surface area (TPSA) is 120 Å². The van der Waals surface area contributed by atoms with Crippen LogP contribution >= 0.6 is 0 Å². The number of pyridine rings is 1. The van der Waals surface area contributed by atoms with Crippen molar-refractivity contribution in [3.8, 4) is 0 Å². The third kappa shape index (κ3) is 10.0. The summed E-state index contributed by atoms with van der Waals surface area (Å²) < 4.78 is 0. The number of hydrogen-bond donors (Lipinski definition) is 3. The summed E-state index contributed by atoms with van der Waals surface area (Å²) >= 11 is 0. The van der Waals surface area contributed by atoms with Gasteiger partial charge in [0.25, 0.3) is 5.91 Å². The molecule has 3 N–H and O–H groups in total. The lowest BCUT2D eigenvalue weighted by Crippen LogP contribution is -2.59. The second kappa shape index (κ2) is 15.1. The zero-order valence-electron chi connectivity index (χ0n) is 21.3. The van der Waals surface area contributed by atoms with Crippen molar-refractivity contribution in [3.05, 3.63) is 30.1 Å². The van der Waals surface area contributed by atoms with E-state index in [1.165, 1.54) is 53.0 Å². The van der Waals surface area contributed by atoms with Crippen LogP contribution in [0.1, 0.15) is 83.7 Å². The Balaban J connectivity index is 2.02. The molecular formula is C26H41N5O4. The van der Waals surface area contributed by atoms with Crippen molar-refractivity contribution in [3.63, 3.8) is 0 Å². The molecule has 0 aromatic carbocycles. The molecule has 0 radical (unpaired) electrons. The van der Waals surface area contributed by atoms with Gasteiger partial charge in [-0.15, -0.1) is 0 Å². The van der Waals surface area contributed by atoms with Gasteiger partial charge in [0, 0.05) is 32.8 Å². The maximum Gasteiger partial charge on any atom is 0.261 e. The highest BCUT2D eigenvalue weighted by atomic mass is 16.2. The van der Waals surface area contributed by atoms with Gasteiger partial charge in [0.15, 0.2) is 0 Å². The van der Waals surface area contributed by atoms with Crippen LogP contribution in [0.25, 0.3) is 0 Å². The summed E-state index contributed by atoms with van der Waals surface area (Å²) in [7, 11) is 1.50. The van der Waals surface area contributed by atoms with E-state index in [2.05, 4.69) is 21.0 Å². The normalized spacial score (nSPS) is 15.5. The van der Waals surface area contributed by atoms with Crippen molar-refractivity contribution in [2.75, 3.05) is 7.05 Å². The smallest absolute Gasteiger partial charge is 0.261 e. The molecule has 1 fully saturated rings. The first-order valence-electron chi connectivity index (χ1n) is 12.8. The quantitative estimate of drug-likeness (QED) is 0.392. The Morgan fingerprint density at radius 3 is 2.37 bits per heavy atom. The number of carbonyl (C=O) groups is 4. The number of nitrogens with one attached hydrogen (secondary N) is 3. The molecule has 0 spiro atoms. The van der Waals surface area contributed by atoms with Crippen LogP contribution in [0.3, 0.4) is 0 Å². The highest BCUT2D eigenvalue weighted by Gasteiger charge is 2.31. The van der Waals surface area contributed by atoms with Gasteiger partial charge in [-0.25, -0.2) is 5.01 Å². The van der Waals surface area contributed by atoms with E-state index in [4.69, 9.17) is 0 Å². The van der Waals surface area contributed by atoms with E-state index in [9.17, 15) is 19.2 Å². The predicted molar refractivity (Wildman–Crippen MR) is 134 cm³/mol. The van der Waals surface area contributed by atoms with Crippen LogP contribution in [0.5, 0.6) is 0 Å². The number of amides is 4. The van der Waals surface area contributed by atoms with Gasteiger partial charge >= 0.3 is 0 Å².